The van der Waals surface area contributed by atoms with E-state index in [1.807, 2.05) is 48.5 Å². The van der Waals surface area contributed by atoms with Crippen LogP contribution in [0.25, 0.3) is 11.5 Å². The quantitative estimate of drug-likeness (QED) is 0.580. The van der Waals surface area contributed by atoms with Gasteiger partial charge in [-0.1, -0.05) is 41.9 Å². The number of thioether (sulfide) groups is 1. The molecule has 0 saturated heterocycles. The molecule has 0 amide bonds. The van der Waals surface area contributed by atoms with Crippen molar-refractivity contribution in [3.63, 3.8) is 0 Å². The molecule has 0 atom stereocenters. The molecule has 3 rings (SSSR count). The third-order valence-corrected chi connectivity index (χ3v) is 4.27. The summed E-state index contributed by atoms with van der Waals surface area (Å²) in [6.45, 7) is 0.639. The maximum absolute atomic E-state index is 6.12. The van der Waals surface area contributed by atoms with Crippen LogP contribution in [0.4, 0.5) is 0 Å². The van der Waals surface area contributed by atoms with Crippen molar-refractivity contribution in [3.05, 3.63) is 65.5 Å². The Hall–Kier alpha value is -1.98. The summed E-state index contributed by atoms with van der Waals surface area (Å²) >= 11 is 7.81. The Morgan fingerprint density at radius 2 is 1.78 bits per heavy atom. The second-order valence-corrected chi connectivity index (χ2v) is 6.21. The first-order valence-corrected chi connectivity index (χ1v) is 8.69. The molecule has 118 valence electrons. The zero-order chi connectivity index (χ0) is 15.9. The van der Waals surface area contributed by atoms with Crippen LogP contribution in [0, 0.1) is 0 Å². The van der Waals surface area contributed by atoms with Crippen LogP contribution < -0.4 is 4.74 Å². The van der Waals surface area contributed by atoms with Gasteiger partial charge in [-0.3, -0.25) is 0 Å². The van der Waals surface area contributed by atoms with Gasteiger partial charge in [-0.05, 0) is 24.3 Å². The lowest BCUT2D eigenvalue weighted by molar-refractivity contribution is 0.344. The van der Waals surface area contributed by atoms with E-state index in [9.17, 15) is 0 Å². The number of nitrogens with zero attached hydrogens (tertiary/aromatic N) is 2. The van der Waals surface area contributed by atoms with Gasteiger partial charge in [-0.2, -0.15) is 0 Å². The van der Waals surface area contributed by atoms with E-state index in [-0.39, 0.29) is 0 Å². The van der Waals surface area contributed by atoms with Crippen molar-refractivity contribution in [2.75, 3.05) is 12.4 Å². The van der Waals surface area contributed by atoms with Gasteiger partial charge in [0, 0.05) is 5.75 Å². The summed E-state index contributed by atoms with van der Waals surface area (Å²) < 4.78 is 11.3. The summed E-state index contributed by atoms with van der Waals surface area (Å²) in [4.78, 5) is 0. The molecule has 0 bridgehead atoms. The van der Waals surface area contributed by atoms with Crippen LogP contribution in [0.1, 0.15) is 5.89 Å². The highest BCUT2D eigenvalue weighted by molar-refractivity contribution is 7.98. The molecular formula is C17H15ClN2O2S. The molecule has 1 aromatic heterocycles. The van der Waals surface area contributed by atoms with Crippen LogP contribution >= 0.6 is 23.4 Å². The molecule has 0 spiro atoms. The number of hydrogen-bond donors (Lipinski definition) is 0. The van der Waals surface area contributed by atoms with Gasteiger partial charge >= 0.3 is 0 Å². The highest BCUT2D eigenvalue weighted by Gasteiger charge is 2.11. The number of aromatic nitrogens is 2. The summed E-state index contributed by atoms with van der Waals surface area (Å²) in [6.07, 6.45) is 0. The Kier molecular flexibility index (Phi) is 5.56. The van der Waals surface area contributed by atoms with Crippen molar-refractivity contribution in [2.45, 2.75) is 5.75 Å². The van der Waals surface area contributed by atoms with Gasteiger partial charge in [-0.25, -0.2) is 0 Å². The molecule has 0 N–H and O–H groups in total. The fourth-order valence-electron chi connectivity index (χ4n) is 1.95. The van der Waals surface area contributed by atoms with Crippen LogP contribution in [0.15, 0.2) is 59.0 Å². The smallest absolute Gasteiger partial charge is 0.249 e. The second kappa shape index (κ2) is 8.04. The first-order valence-electron chi connectivity index (χ1n) is 7.16. The fraction of sp³-hybridized carbons (Fsp3) is 0.176. The standard InChI is InChI=1S/C17H15ClN2O2S/c18-15-9-5-4-8-14(15)17-20-19-16(22-17)12-23-11-10-21-13-6-2-1-3-7-13/h1-9H,10-12H2. The van der Waals surface area contributed by atoms with Gasteiger partial charge in [0.05, 0.1) is 22.9 Å². The minimum absolute atomic E-state index is 0.451. The van der Waals surface area contributed by atoms with Gasteiger partial charge < -0.3 is 9.15 Å². The number of rotatable bonds is 7. The molecule has 23 heavy (non-hydrogen) atoms. The van der Waals surface area contributed by atoms with Crippen molar-refractivity contribution >= 4 is 23.4 Å². The maximum atomic E-state index is 6.12. The number of para-hydroxylation sites is 1. The molecule has 6 heteroatoms. The molecule has 4 nitrogen and oxygen atoms in total. The number of halogens is 1. The number of hydrogen-bond acceptors (Lipinski definition) is 5. The minimum Gasteiger partial charge on any atom is -0.493 e. The molecule has 1 heterocycles. The zero-order valence-electron chi connectivity index (χ0n) is 12.3. The van der Waals surface area contributed by atoms with E-state index in [4.69, 9.17) is 20.8 Å². The summed E-state index contributed by atoms with van der Waals surface area (Å²) in [5.41, 5.74) is 0.755. The largest absolute Gasteiger partial charge is 0.493 e. The van der Waals surface area contributed by atoms with Gasteiger partial charge in [0.25, 0.3) is 0 Å². The zero-order valence-corrected chi connectivity index (χ0v) is 13.9. The van der Waals surface area contributed by atoms with E-state index in [0.717, 1.165) is 17.1 Å². The SMILES string of the molecule is Clc1ccccc1-c1nnc(CSCCOc2ccccc2)o1. The van der Waals surface area contributed by atoms with Crippen LogP contribution in [-0.4, -0.2) is 22.6 Å². The summed E-state index contributed by atoms with van der Waals surface area (Å²) in [7, 11) is 0. The average molecular weight is 347 g/mol. The Balaban J connectivity index is 1.46. The molecule has 0 radical (unpaired) electrons. The lowest BCUT2D eigenvalue weighted by Crippen LogP contribution is -2.00. The molecule has 0 aliphatic carbocycles. The minimum atomic E-state index is 0.451. The second-order valence-electron chi connectivity index (χ2n) is 4.69. The third kappa shape index (κ3) is 4.50. The van der Waals surface area contributed by atoms with Gasteiger partial charge in [0.15, 0.2) is 0 Å². The molecule has 0 aliphatic rings. The molecule has 0 unspecified atom stereocenters. The highest BCUT2D eigenvalue weighted by Crippen LogP contribution is 2.26. The average Bonchev–Trinajstić information content (AvgIpc) is 3.04. The van der Waals surface area contributed by atoms with Crippen molar-refractivity contribution in [1.29, 1.82) is 0 Å². The molecular weight excluding hydrogens is 332 g/mol. The monoisotopic (exact) mass is 346 g/mol. The van der Waals surface area contributed by atoms with Crippen molar-refractivity contribution in [2.24, 2.45) is 0 Å². The Bertz CT molecular complexity index is 749. The van der Waals surface area contributed by atoms with Crippen molar-refractivity contribution in [1.82, 2.24) is 10.2 Å². The first-order chi connectivity index (χ1) is 11.3. The lowest BCUT2D eigenvalue weighted by Gasteiger charge is -2.04. The van der Waals surface area contributed by atoms with Crippen LogP contribution in [-0.2, 0) is 5.75 Å². The molecule has 2 aromatic carbocycles. The lowest BCUT2D eigenvalue weighted by atomic mass is 10.2. The maximum Gasteiger partial charge on any atom is 0.249 e. The van der Waals surface area contributed by atoms with Gasteiger partial charge in [0.2, 0.25) is 11.8 Å². The molecule has 3 aromatic rings. The third-order valence-electron chi connectivity index (χ3n) is 3.04. The number of benzene rings is 2. The highest BCUT2D eigenvalue weighted by atomic mass is 35.5. The Labute approximate surface area is 143 Å². The first kappa shape index (κ1) is 15.9. The molecule has 0 fully saturated rings. The molecule has 0 saturated carbocycles. The van der Waals surface area contributed by atoms with E-state index in [1.165, 1.54) is 0 Å². The predicted octanol–water partition coefficient (Wildman–Crippen LogP) is 4.70. The Morgan fingerprint density at radius 1 is 1.00 bits per heavy atom. The Morgan fingerprint density at radius 3 is 2.61 bits per heavy atom. The normalized spacial score (nSPS) is 10.7. The summed E-state index contributed by atoms with van der Waals surface area (Å²) in [5, 5.41) is 8.70. The van der Waals surface area contributed by atoms with Gasteiger partial charge in [-0.15, -0.1) is 22.0 Å². The summed E-state index contributed by atoms with van der Waals surface area (Å²) in [5.74, 6) is 3.41. The van der Waals surface area contributed by atoms with Crippen LogP contribution in [0.2, 0.25) is 5.02 Å². The van der Waals surface area contributed by atoms with E-state index in [2.05, 4.69) is 10.2 Å². The van der Waals surface area contributed by atoms with E-state index >= 15 is 0 Å². The fourth-order valence-corrected chi connectivity index (χ4v) is 2.80. The summed E-state index contributed by atoms with van der Waals surface area (Å²) in [6, 6.07) is 17.2. The van der Waals surface area contributed by atoms with Gasteiger partial charge in [0.1, 0.15) is 5.75 Å². The topological polar surface area (TPSA) is 48.2 Å². The predicted molar refractivity (Wildman–Crippen MR) is 92.8 cm³/mol. The van der Waals surface area contributed by atoms with Crippen LogP contribution in [0.5, 0.6) is 5.75 Å². The van der Waals surface area contributed by atoms with Crippen molar-refractivity contribution in [3.8, 4) is 17.2 Å². The molecule has 0 aliphatic heterocycles. The van der Waals surface area contributed by atoms with E-state index in [1.54, 1.807) is 17.8 Å². The van der Waals surface area contributed by atoms with E-state index < -0.39 is 0 Å². The van der Waals surface area contributed by atoms with Crippen LogP contribution in [0.3, 0.4) is 0 Å². The number of ether oxygens (including phenoxy) is 1. The van der Waals surface area contributed by atoms with E-state index in [0.29, 0.717) is 29.2 Å². The van der Waals surface area contributed by atoms with Crippen molar-refractivity contribution < 1.29 is 9.15 Å².